The molecule has 0 aromatic heterocycles. The summed E-state index contributed by atoms with van der Waals surface area (Å²) in [4.78, 5) is 11.4. The highest BCUT2D eigenvalue weighted by molar-refractivity contribution is 7.80. The summed E-state index contributed by atoms with van der Waals surface area (Å²) in [5.74, 6) is -0.299. The number of carbonyl (C=O) groups is 1. The second-order valence-corrected chi connectivity index (χ2v) is 6.03. The highest BCUT2D eigenvalue weighted by Crippen LogP contribution is 2.18. The number of thiol groups is 1. The van der Waals surface area contributed by atoms with Crippen molar-refractivity contribution in [3.8, 4) is 0 Å². The summed E-state index contributed by atoms with van der Waals surface area (Å²) in [5.41, 5.74) is 3.59. The van der Waals surface area contributed by atoms with Crippen molar-refractivity contribution in [1.82, 2.24) is 0 Å². The van der Waals surface area contributed by atoms with Crippen LogP contribution in [0.1, 0.15) is 29.5 Å². The van der Waals surface area contributed by atoms with Crippen LogP contribution in [-0.2, 0) is 17.6 Å². The number of rotatable bonds is 8. The van der Waals surface area contributed by atoms with E-state index in [4.69, 9.17) is 0 Å². The van der Waals surface area contributed by atoms with Crippen LogP contribution in [0, 0.1) is 5.92 Å². The lowest BCUT2D eigenvalue weighted by Gasteiger charge is -2.12. The standard InChI is InChI=1S/C19H22O2S/c20-19(21)18(10-5-11-22)14-17-9-4-8-16(13-17)12-15-6-2-1-3-7-15/h1-4,6-9,13,18,22H,5,10-12,14H2,(H,20,21). The zero-order valence-corrected chi connectivity index (χ0v) is 13.5. The Balaban J connectivity index is 2.05. The Morgan fingerprint density at radius 3 is 2.36 bits per heavy atom. The highest BCUT2D eigenvalue weighted by Gasteiger charge is 2.17. The van der Waals surface area contributed by atoms with Gasteiger partial charge in [0.1, 0.15) is 0 Å². The fourth-order valence-corrected chi connectivity index (χ4v) is 2.82. The molecule has 0 bridgehead atoms. The number of aliphatic carboxylic acids is 1. The molecule has 0 spiro atoms. The van der Waals surface area contributed by atoms with Crippen molar-refractivity contribution in [2.45, 2.75) is 25.7 Å². The molecule has 0 aliphatic heterocycles. The average molecular weight is 314 g/mol. The first kappa shape index (κ1) is 16.6. The van der Waals surface area contributed by atoms with Gasteiger partial charge < -0.3 is 5.11 Å². The van der Waals surface area contributed by atoms with Crippen LogP contribution in [0.15, 0.2) is 54.6 Å². The SMILES string of the molecule is O=C(O)C(CCCS)Cc1cccc(Cc2ccccc2)c1. The number of carboxylic acid groups (broad SMARTS) is 1. The minimum atomic E-state index is -0.713. The van der Waals surface area contributed by atoms with Gasteiger partial charge in [0.2, 0.25) is 0 Å². The van der Waals surface area contributed by atoms with E-state index in [1.165, 1.54) is 11.1 Å². The van der Waals surface area contributed by atoms with Crippen molar-refractivity contribution in [3.63, 3.8) is 0 Å². The highest BCUT2D eigenvalue weighted by atomic mass is 32.1. The van der Waals surface area contributed by atoms with Gasteiger partial charge in [-0.25, -0.2) is 0 Å². The first-order valence-corrected chi connectivity index (χ1v) is 8.27. The zero-order chi connectivity index (χ0) is 15.8. The van der Waals surface area contributed by atoms with Gasteiger partial charge in [-0.15, -0.1) is 0 Å². The van der Waals surface area contributed by atoms with Gasteiger partial charge in [0, 0.05) is 0 Å². The molecule has 0 aliphatic rings. The quantitative estimate of drug-likeness (QED) is 0.716. The lowest BCUT2D eigenvalue weighted by Crippen LogP contribution is -2.16. The molecular formula is C19H22O2S. The lowest BCUT2D eigenvalue weighted by molar-refractivity contribution is -0.141. The summed E-state index contributed by atoms with van der Waals surface area (Å²) in [5, 5.41) is 9.34. The molecular weight excluding hydrogens is 292 g/mol. The Labute approximate surface area is 137 Å². The molecule has 0 amide bonds. The molecule has 1 unspecified atom stereocenters. The van der Waals surface area contributed by atoms with E-state index in [2.05, 4.69) is 36.9 Å². The molecule has 1 N–H and O–H groups in total. The second kappa shape index (κ2) is 8.64. The van der Waals surface area contributed by atoms with Gasteiger partial charge in [-0.1, -0.05) is 54.6 Å². The van der Waals surface area contributed by atoms with Gasteiger partial charge in [0.25, 0.3) is 0 Å². The maximum absolute atomic E-state index is 11.4. The maximum atomic E-state index is 11.4. The van der Waals surface area contributed by atoms with Crippen molar-refractivity contribution in [2.75, 3.05) is 5.75 Å². The zero-order valence-electron chi connectivity index (χ0n) is 12.6. The fraction of sp³-hybridized carbons (Fsp3) is 0.316. The molecule has 0 aliphatic carbocycles. The molecule has 3 heteroatoms. The molecule has 2 rings (SSSR count). The van der Waals surface area contributed by atoms with E-state index in [9.17, 15) is 9.90 Å². The van der Waals surface area contributed by atoms with E-state index in [0.29, 0.717) is 12.8 Å². The molecule has 2 aromatic rings. The van der Waals surface area contributed by atoms with Crippen molar-refractivity contribution >= 4 is 18.6 Å². The third kappa shape index (κ3) is 5.23. The monoisotopic (exact) mass is 314 g/mol. The van der Waals surface area contributed by atoms with Crippen molar-refractivity contribution in [1.29, 1.82) is 0 Å². The molecule has 2 nitrogen and oxygen atoms in total. The number of benzene rings is 2. The average Bonchev–Trinajstić information content (AvgIpc) is 2.52. The van der Waals surface area contributed by atoms with E-state index in [0.717, 1.165) is 24.2 Å². The van der Waals surface area contributed by atoms with Gasteiger partial charge in [-0.2, -0.15) is 12.6 Å². The van der Waals surface area contributed by atoms with E-state index in [1.807, 2.05) is 30.3 Å². The number of hydrogen-bond acceptors (Lipinski definition) is 2. The van der Waals surface area contributed by atoms with E-state index in [1.54, 1.807) is 0 Å². The van der Waals surface area contributed by atoms with Crippen LogP contribution < -0.4 is 0 Å². The molecule has 22 heavy (non-hydrogen) atoms. The largest absolute Gasteiger partial charge is 0.481 e. The van der Waals surface area contributed by atoms with Crippen molar-refractivity contribution in [3.05, 3.63) is 71.3 Å². The summed E-state index contributed by atoms with van der Waals surface area (Å²) in [6.07, 6.45) is 2.99. The Hall–Kier alpha value is -1.74. The Kier molecular flexibility index (Phi) is 6.53. The molecule has 0 fully saturated rings. The van der Waals surface area contributed by atoms with Gasteiger partial charge in [-0.3, -0.25) is 4.79 Å². The summed E-state index contributed by atoms with van der Waals surface area (Å²) < 4.78 is 0. The Morgan fingerprint density at radius 2 is 1.68 bits per heavy atom. The predicted molar refractivity (Wildman–Crippen MR) is 93.6 cm³/mol. The lowest BCUT2D eigenvalue weighted by atomic mass is 9.93. The van der Waals surface area contributed by atoms with Crippen LogP contribution in [-0.4, -0.2) is 16.8 Å². The summed E-state index contributed by atoms with van der Waals surface area (Å²) in [6.45, 7) is 0. The molecule has 0 saturated heterocycles. The minimum absolute atomic E-state index is 0.320. The molecule has 1 atom stereocenters. The van der Waals surface area contributed by atoms with Crippen LogP contribution in [0.2, 0.25) is 0 Å². The minimum Gasteiger partial charge on any atom is -0.481 e. The normalized spacial score (nSPS) is 12.0. The number of carboxylic acids is 1. The molecule has 116 valence electrons. The van der Waals surface area contributed by atoms with E-state index in [-0.39, 0.29) is 5.92 Å². The first-order valence-electron chi connectivity index (χ1n) is 7.64. The summed E-state index contributed by atoms with van der Waals surface area (Å²) in [7, 11) is 0. The first-order chi connectivity index (χ1) is 10.7. The van der Waals surface area contributed by atoms with E-state index >= 15 is 0 Å². The topological polar surface area (TPSA) is 37.3 Å². The summed E-state index contributed by atoms with van der Waals surface area (Å²) in [6, 6.07) is 18.6. The van der Waals surface area contributed by atoms with Crippen molar-refractivity contribution < 1.29 is 9.90 Å². The van der Waals surface area contributed by atoms with E-state index < -0.39 is 5.97 Å². The predicted octanol–water partition coefficient (Wildman–Crippen LogP) is 4.23. The Morgan fingerprint density at radius 1 is 1.00 bits per heavy atom. The van der Waals surface area contributed by atoms with Crippen LogP contribution in [0.5, 0.6) is 0 Å². The van der Waals surface area contributed by atoms with Crippen LogP contribution >= 0.6 is 12.6 Å². The molecule has 0 radical (unpaired) electrons. The number of hydrogen-bond donors (Lipinski definition) is 2. The fourth-order valence-electron chi connectivity index (χ4n) is 2.63. The summed E-state index contributed by atoms with van der Waals surface area (Å²) >= 11 is 4.17. The maximum Gasteiger partial charge on any atom is 0.306 e. The van der Waals surface area contributed by atoms with Gasteiger partial charge in [0.05, 0.1) is 5.92 Å². The van der Waals surface area contributed by atoms with Gasteiger partial charge in [-0.05, 0) is 48.1 Å². The molecule has 2 aromatic carbocycles. The molecule has 0 saturated carbocycles. The van der Waals surface area contributed by atoms with Crippen LogP contribution in [0.4, 0.5) is 0 Å². The third-order valence-electron chi connectivity index (χ3n) is 3.78. The van der Waals surface area contributed by atoms with Crippen LogP contribution in [0.3, 0.4) is 0 Å². The van der Waals surface area contributed by atoms with Crippen LogP contribution in [0.25, 0.3) is 0 Å². The second-order valence-electron chi connectivity index (χ2n) is 5.59. The van der Waals surface area contributed by atoms with Crippen molar-refractivity contribution in [2.24, 2.45) is 5.92 Å². The molecule has 0 heterocycles. The van der Waals surface area contributed by atoms with Gasteiger partial charge >= 0.3 is 5.97 Å². The smallest absolute Gasteiger partial charge is 0.306 e. The third-order valence-corrected chi connectivity index (χ3v) is 4.10. The Bertz CT molecular complexity index is 595. The van der Waals surface area contributed by atoms with Gasteiger partial charge in [0.15, 0.2) is 0 Å².